The third kappa shape index (κ3) is 5.21. The number of anilines is 4. The SMILES string of the molecule is C=CC(=O)N1CCN2C(=N)c3c(Nc4c(C)ccnc4C(C)O)c(F)c(-c4c(N)c(Cl)cc(Cl)c4F)c(Cl)c3N(C)CC2C1. The zero-order valence-corrected chi connectivity index (χ0v) is 26.4. The second kappa shape index (κ2) is 12.0. The van der Waals surface area contributed by atoms with Crippen LogP contribution in [0.5, 0.6) is 0 Å². The first kappa shape index (κ1) is 31.8. The average Bonchev–Trinajstić information content (AvgIpc) is 3.09. The minimum atomic E-state index is -1.03. The van der Waals surface area contributed by atoms with Crippen LogP contribution in [0.1, 0.15) is 29.8 Å². The second-order valence-corrected chi connectivity index (χ2v) is 12.0. The molecule has 2 aromatic carbocycles. The van der Waals surface area contributed by atoms with E-state index in [9.17, 15) is 15.3 Å². The highest BCUT2D eigenvalue weighted by Crippen LogP contribution is 2.51. The number of carbonyl (C=O) groups excluding carboxylic acids is 1. The maximum absolute atomic E-state index is 17.1. The summed E-state index contributed by atoms with van der Waals surface area (Å²) in [5.74, 6) is -2.34. The van der Waals surface area contributed by atoms with E-state index in [0.29, 0.717) is 17.8 Å². The number of aryl methyl sites for hydroxylation is 1. The number of rotatable bonds is 5. The molecule has 1 fully saturated rings. The fourth-order valence-corrected chi connectivity index (χ4v) is 6.71. The lowest BCUT2D eigenvalue weighted by molar-refractivity contribution is -0.128. The van der Waals surface area contributed by atoms with Gasteiger partial charge < -0.3 is 30.9 Å². The molecule has 2 aliphatic rings. The predicted molar refractivity (Wildman–Crippen MR) is 171 cm³/mol. The lowest BCUT2D eigenvalue weighted by Gasteiger charge is -2.42. The molecule has 5 N–H and O–H groups in total. The number of nitrogen functional groups attached to an aromatic ring is 1. The molecule has 2 unspecified atom stereocenters. The molecule has 0 saturated carbocycles. The van der Waals surface area contributed by atoms with Gasteiger partial charge in [0.05, 0.1) is 61.2 Å². The highest BCUT2D eigenvalue weighted by atomic mass is 35.5. The minimum Gasteiger partial charge on any atom is -0.397 e. The number of hydrogen-bond donors (Lipinski definition) is 4. The molecule has 3 heterocycles. The Morgan fingerprint density at radius 1 is 1.18 bits per heavy atom. The first-order valence-corrected chi connectivity index (χ1v) is 14.8. The van der Waals surface area contributed by atoms with Crippen molar-refractivity contribution >= 4 is 69.3 Å². The van der Waals surface area contributed by atoms with E-state index in [2.05, 4.69) is 16.9 Å². The molecule has 14 heteroatoms. The first-order valence-electron chi connectivity index (χ1n) is 13.6. The van der Waals surface area contributed by atoms with Crippen LogP contribution in [0, 0.1) is 24.0 Å². The standard InChI is InChI=1S/C30H30Cl3F2N7O2/c1-5-18(44)41-8-9-42-15(12-41)11-40(4)29-21(30(42)37)28(39-26-13(2)6-7-38-27(26)14(3)43)24(35)19(22(29)33)20-23(34)16(31)10-17(32)25(20)36/h5-7,10,14-15,37,39,43H,1,8-9,11-12,36H2,2-4H3. The van der Waals surface area contributed by atoms with Crippen LogP contribution in [0.4, 0.5) is 31.5 Å². The molecule has 44 heavy (non-hydrogen) atoms. The Labute approximate surface area is 268 Å². The summed E-state index contributed by atoms with van der Waals surface area (Å²) in [5, 5.41) is 22.2. The summed E-state index contributed by atoms with van der Waals surface area (Å²) < 4.78 is 32.8. The number of aliphatic hydroxyl groups is 1. The maximum atomic E-state index is 17.1. The van der Waals surface area contributed by atoms with E-state index >= 15 is 8.78 Å². The van der Waals surface area contributed by atoms with E-state index in [-0.39, 0.29) is 80.8 Å². The first-order chi connectivity index (χ1) is 20.8. The smallest absolute Gasteiger partial charge is 0.246 e. The fourth-order valence-electron chi connectivity index (χ4n) is 5.83. The molecule has 0 radical (unpaired) electrons. The van der Waals surface area contributed by atoms with E-state index in [4.69, 9.17) is 40.5 Å². The Morgan fingerprint density at radius 3 is 2.55 bits per heavy atom. The van der Waals surface area contributed by atoms with Crippen LogP contribution in [0.2, 0.25) is 15.1 Å². The molecule has 0 aliphatic carbocycles. The molecule has 2 atom stereocenters. The number of amidine groups is 1. The highest BCUT2D eigenvalue weighted by Gasteiger charge is 2.40. The Balaban J connectivity index is 1.83. The summed E-state index contributed by atoms with van der Waals surface area (Å²) in [6, 6.07) is 2.43. The van der Waals surface area contributed by atoms with Crippen LogP contribution in [-0.2, 0) is 4.79 Å². The number of pyridine rings is 1. The van der Waals surface area contributed by atoms with Gasteiger partial charge in [0.15, 0.2) is 11.6 Å². The summed E-state index contributed by atoms with van der Waals surface area (Å²) in [4.78, 5) is 21.9. The number of fused-ring (bicyclic) bond motifs is 2. The predicted octanol–water partition coefficient (Wildman–Crippen LogP) is 6.15. The second-order valence-electron chi connectivity index (χ2n) is 10.8. The Hall–Kier alpha value is -3.64. The molecule has 1 aromatic heterocycles. The monoisotopic (exact) mass is 663 g/mol. The molecule has 232 valence electrons. The van der Waals surface area contributed by atoms with Gasteiger partial charge in [-0.15, -0.1) is 0 Å². The Morgan fingerprint density at radius 2 is 1.89 bits per heavy atom. The van der Waals surface area contributed by atoms with E-state index < -0.39 is 28.9 Å². The lowest BCUT2D eigenvalue weighted by Crippen LogP contribution is -2.58. The molecule has 5 rings (SSSR count). The van der Waals surface area contributed by atoms with E-state index in [0.717, 1.165) is 6.07 Å². The zero-order valence-electron chi connectivity index (χ0n) is 24.1. The maximum Gasteiger partial charge on any atom is 0.246 e. The summed E-state index contributed by atoms with van der Waals surface area (Å²) >= 11 is 19.4. The number of aromatic nitrogens is 1. The summed E-state index contributed by atoms with van der Waals surface area (Å²) in [5.41, 5.74) is 6.35. The van der Waals surface area contributed by atoms with Crippen molar-refractivity contribution in [2.75, 3.05) is 49.2 Å². The van der Waals surface area contributed by atoms with Crippen molar-refractivity contribution in [1.29, 1.82) is 5.41 Å². The van der Waals surface area contributed by atoms with Crippen molar-refractivity contribution in [2.45, 2.75) is 26.0 Å². The number of aliphatic hydroxyl groups excluding tert-OH is 1. The van der Waals surface area contributed by atoms with Crippen LogP contribution in [0.3, 0.4) is 0 Å². The number of halogens is 5. The highest BCUT2D eigenvalue weighted by molar-refractivity contribution is 6.40. The van der Waals surface area contributed by atoms with E-state index in [1.165, 1.54) is 19.2 Å². The molecule has 1 amide bonds. The molecular weight excluding hydrogens is 635 g/mol. The van der Waals surface area contributed by atoms with Crippen molar-refractivity contribution < 1.29 is 18.7 Å². The van der Waals surface area contributed by atoms with Crippen molar-refractivity contribution in [3.63, 3.8) is 0 Å². The number of amides is 1. The van der Waals surface area contributed by atoms with Gasteiger partial charge in [-0.05, 0) is 37.6 Å². The molecule has 2 aliphatic heterocycles. The van der Waals surface area contributed by atoms with Crippen LogP contribution < -0.4 is 16.0 Å². The zero-order chi connectivity index (χ0) is 32.2. The van der Waals surface area contributed by atoms with Gasteiger partial charge in [-0.3, -0.25) is 15.2 Å². The molecule has 0 spiro atoms. The topological polar surface area (TPSA) is 122 Å². The molecule has 1 saturated heterocycles. The van der Waals surface area contributed by atoms with Gasteiger partial charge in [0.1, 0.15) is 5.84 Å². The van der Waals surface area contributed by atoms with Gasteiger partial charge >= 0.3 is 0 Å². The number of benzene rings is 2. The average molecular weight is 665 g/mol. The van der Waals surface area contributed by atoms with Gasteiger partial charge in [0, 0.05) is 50.6 Å². The van der Waals surface area contributed by atoms with Gasteiger partial charge in [0.25, 0.3) is 0 Å². The number of piperazine rings is 1. The number of nitrogens with one attached hydrogen (secondary N) is 2. The van der Waals surface area contributed by atoms with Crippen molar-refractivity contribution in [3.8, 4) is 11.1 Å². The van der Waals surface area contributed by atoms with Gasteiger partial charge in [0.2, 0.25) is 5.91 Å². The lowest BCUT2D eigenvalue weighted by atomic mass is 9.95. The van der Waals surface area contributed by atoms with Crippen LogP contribution in [-0.4, -0.2) is 70.9 Å². The number of hydrogen-bond acceptors (Lipinski definition) is 7. The largest absolute Gasteiger partial charge is 0.397 e. The number of nitrogens with two attached hydrogens (primary N) is 1. The number of nitrogens with zero attached hydrogens (tertiary/aromatic N) is 4. The van der Waals surface area contributed by atoms with E-state index in [1.54, 1.807) is 34.7 Å². The number of carbonyl (C=O) groups is 1. The van der Waals surface area contributed by atoms with Crippen molar-refractivity contribution in [1.82, 2.24) is 14.8 Å². The third-order valence-corrected chi connectivity index (χ3v) is 8.96. The van der Waals surface area contributed by atoms with Crippen molar-refractivity contribution in [3.05, 3.63) is 74.5 Å². The summed E-state index contributed by atoms with van der Waals surface area (Å²) in [6.45, 7) is 8.00. The van der Waals surface area contributed by atoms with Crippen LogP contribution >= 0.6 is 34.8 Å². The summed E-state index contributed by atoms with van der Waals surface area (Å²) in [7, 11) is 1.71. The molecular formula is C30H30Cl3F2N7O2. The normalized spacial score (nSPS) is 17.2. The molecule has 9 nitrogen and oxygen atoms in total. The molecule has 3 aromatic rings. The van der Waals surface area contributed by atoms with Gasteiger partial charge in [-0.1, -0.05) is 41.4 Å². The van der Waals surface area contributed by atoms with Crippen LogP contribution in [0.25, 0.3) is 11.1 Å². The van der Waals surface area contributed by atoms with E-state index in [1.807, 2.05) is 0 Å². The number of likely N-dealkylation sites (N-methyl/N-ethyl adjacent to an activating group) is 1. The fraction of sp³-hybridized carbons (Fsp3) is 0.300. The van der Waals surface area contributed by atoms with Crippen LogP contribution in [0.15, 0.2) is 31.0 Å². The minimum absolute atomic E-state index is 0.0624. The Bertz CT molecular complexity index is 1690. The van der Waals surface area contributed by atoms with Gasteiger partial charge in [-0.2, -0.15) is 0 Å². The van der Waals surface area contributed by atoms with Gasteiger partial charge in [-0.25, -0.2) is 8.78 Å². The Kier molecular flexibility index (Phi) is 8.69. The third-order valence-electron chi connectivity index (χ3n) is 8.01. The summed E-state index contributed by atoms with van der Waals surface area (Å²) in [6.07, 6.45) is 1.72. The van der Waals surface area contributed by atoms with Crippen molar-refractivity contribution in [2.24, 2.45) is 0 Å². The molecule has 0 bridgehead atoms. The quantitative estimate of drug-likeness (QED) is 0.147.